The number of pyridine rings is 1. The zero-order valence-electron chi connectivity index (χ0n) is 15.7. The number of piperidine rings is 1. The summed E-state index contributed by atoms with van der Waals surface area (Å²) in [5.74, 6) is 0.502. The van der Waals surface area contributed by atoms with E-state index in [1.54, 1.807) is 12.3 Å². The highest BCUT2D eigenvalue weighted by atomic mass is 16.2. The number of carbonyl (C=O) groups excluding carboxylic acids is 1. The number of amides is 1. The molecule has 0 saturated carbocycles. The maximum Gasteiger partial charge on any atom is 0.248 e. The number of aromatic nitrogens is 1. The average molecular weight is 353 g/mol. The molecule has 1 unspecified atom stereocenters. The summed E-state index contributed by atoms with van der Waals surface area (Å²) in [6, 6.07) is 11.6. The number of likely N-dealkylation sites (tertiary alicyclic amines) is 1. The number of aromatic amines is 1. The van der Waals surface area contributed by atoms with Crippen LogP contribution in [0.3, 0.4) is 0 Å². The molecule has 0 spiro atoms. The SMILES string of the molecule is Cc1ccc(C(C(=O)N2CCC(c3cc[nH]c(=O)c3)CC2)N(C)C)cc1. The molecule has 1 saturated heterocycles. The second-order valence-corrected chi connectivity index (χ2v) is 7.36. The van der Waals surface area contributed by atoms with E-state index >= 15 is 0 Å². The Balaban J connectivity index is 1.70. The number of likely N-dealkylation sites (N-methyl/N-ethyl adjacent to an activating group) is 1. The van der Waals surface area contributed by atoms with Crippen molar-refractivity contribution in [1.29, 1.82) is 0 Å². The number of hydrogen-bond donors (Lipinski definition) is 1. The van der Waals surface area contributed by atoms with Gasteiger partial charge in [0.05, 0.1) is 0 Å². The van der Waals surface area contributed by atoms with Gasteiger partial charge in [-0.2, -0.15) is 0 Å². The number of benzene rings is 1. The lowest BCUT2D eigenvalue weighted by atomic mass is 9.89. The first-order valence-corrected chi connectivity index (χ1v) is 9.16. The number of aryl methyl sites for hydroxylation is 1. The molecule has 0 radical (unpaired) electrons. The zero-order valence-corrected chi connectivity index (χ0v) is 15.7. The van der Waals surface area contributed by atoms with Gasteiger partial charge in [-0.3, -0.25) is 14.5 Å². The maximum absolute atomic E-state index is 13.2. The van der Waals surface area contributed by atoms with Crippen molar-refractivity contribution >= 4 is 5.91 Å². The molecule has 0 aliphatic carbocycles. The third-order valence-electron chi connectivity index (χ3n) is 5.22. The van der Waals surface area contributed by atoms with Crippen molar-refractivity contribution in [1.82, 2.24) is 14.8 Å². The van der Waals surface area contributed by atoms with Crippen LogP contribution in [-0.4, -0.2) is 47.9 Å². The predicted molar refractivity (Wildman–Crippen MR) is 103 cm³/mol. The van der Waals surface area contributed by atoms with Crippen molar-refractivity contribution in [3.63, 3.8) is 0 Å². The minimum absolute atomic E-state index is 0.0620. The summed E-state index contributed by atoms with van der Waals surface area (Å²) < 4.78 is 0. The lowest BCUT2D eigenvalue weighted by Crippen LogP contribution is -2.44. The summed E-state index contributed by atoms with van der Waals surface area (Å²) in [5, 5.41) is 0. The van der Waals surface area contributed by atoms with E-state index in [9.17, 15) is 9.59 Å². The highest BCUT2D eigenvalue weighted by molar-refractivity contribution is 5.83. The number of nitrogens with zero attached hydrogens (tertiary/aromatic N) is 2. The smallest absolute Gasteiger partial charge is 0.248 e. The van der Waals surface area contributed by atoms with Gasteiger partial charge >= 0.3 is 0 Å². The number of hydrogen-bond acceptors (Lipinski definition) is 3. The topological polar surface area (TPSA) is 56.4 Å². The molecule has 0 bridgehead atoms. The van der Waals surface area contributed by atoms with E-state index in [-0.39, 0.29) is 17.5 Å². The van der Waals surface area contributed by atoms with E-state index in [0.29, 0.717) is 5.92 Å². The first kappa shape index (κ1) is 18.4. The van der Waals surface area contributed by atoms with Gasteiger partial charge in [0.15, 0.2) is 0 Å². The third-order valence-corrected chi connectivity index (χ3v) is 5.22. The normalized spacial score (nSPS) is 16.7. The Morgan fingerprint density at radius 1 is 1.15 bits per heavy atom. The molecule has 1 atom stereocenters. The summed E-state index contributed by atoms with van der Waals surface area (Å²) >= 11 is 0. The number of H-pyrrole nitrogens is 1. The van der Waals surface area contributed by atoms with Gasteiger partial charge in [0.1, 0.15) is 6.04 Å². The number of nitrogens with one attached hydrogen (secondary N) is 1. The van der Waals surface area contributed by atoms with Crippen LogP contribution >= 0.6 is 0 Å². The molecule has 138 valence electrons. The molecule has 1 aliphatic rings. The molecular formula is C21H27N3O2. The van der Waals surface area contributed by atoms with Gasteiger partial charge in [0.25, 0.3) is 0 Å². The van der Waals surface area contributed by atoms with Gasteiger partial charge in [0, 0.05) is 25.4 Å². The quantitative estimate of drug-likeness (QED) is 0.919. The van der Waals surface area contributed by atoms with Crippen molar-refractivity contribution in [2.75, 3.05) is 27.2 Å². The fourth-order valence-electron chi connectivity index (χ4n) is 3.73. The molecule has 1 aliphatic heterocycles. The summed E-state index contributed by atoms with van der Waals surface area (Å²) in [6.45, 7) is 3.51. The largest absolute Gasteiger partial charge is 0.341 e. The lowest BCUT2D eigenvalue weighted by Gasteiger charge is -2.36. The van der Waals surface area contributed by atoms with Crippen molar-refractivity contribution in [3.8, 4) is 0 Å². The van der Waals surface area contributed by atoms with Crippen molar-refractivity contribution in [3.05, 3.63) is 69.6 Å². The van der Waals surface area contributed by atoms with Crippen LogP contribution in [0.4, 0.5) is 0 Å². The molecule has 1 fully saturated rings. The van der Waals surface area contributed by atoms with Crippen molar-refractivity contribution < 1.29 is 4.79 Å². The van der Waals surface area contributed by atoms with Crippen molar-refractivity contribution in [2.24, 2.45) is 0 Å². The van der Waals surface area contributed by atoms with Crippen LogP contribution < -0.4 is 5.56 Å². The fraction of sp³-hybridized carbons (Fsp3) is 0.429. The van der Waals surface area contributed by atoms with Crippen LogP contribution in [0, 0.1) is 6.92 Å². The van der Waals surface area contributed by atoms with Gasteiger partial charge in [-0.05, 0) is 57.0 Å². The second kappa shape index (κ2) is 7.87. The Morgan fingerprint density at radius 2 is 1.81 bits per heavy atom. The van der Waals surface area contributed by atoms with E-state index < -0.39 is 0 Å². The predicted octanol–water partition coefficient (Wildman–Crippen LogP) is 2.69. The van der Waals surface area contributed by atoms with Gasteiger partial charge in [-0.25, -0.2) is 0 Å². The second-order valence-electron chi connectivity index (χ2n) is 7.36. The van der Waals surface area contributed by atoms with Crippen LogP contribution in [0.2, 0.25) is 0 Å². The molecule has 1 N–H and O–H groups in total. The number of carbonyl (C=O) groups is 1. The van der Waals surface area contributed by atoms with Gasteiger partial charge in [-0.1, -0.05) is 29.8 Å². The van der Waals surface area contributed by atoms with Crippen LogP contribution in [0.1, 0.15) is 41.5 Å². The Labute approximate surface area is 154 Å². The van der Waals surface area contributed by atoms with Crippen LogP contribution in [0.5, 0.6) is 0 Å². The van der Waals surface area contributed by atoms with E-state index in [4.69, 9.17) is 0 Å². The molecule has 1 aromatic carbocycles. The van der Waals surface area contributed by atoms with E-state index in [1.165, 1.54) is 5.56 Å². The third kappa shape index (κ3) is 4.05. The Kier molecular flexibility index (Phi) is 5.57. The highest BCUT2D eigenvalue weighted by Crippen LogP contribution is 2.29. The van der Waals surface area contributed by atoms with Gasteiger partial charge in [-0.15, -0.1) is 0 Å². The minimum Gasteiger partial charge on any atom is -0.341 e. The molecule has 5 heteroatoms. The number of rotatable bonds is 4. The van der Waals surface area contributed by atoms with Crippen molar-refractivity contribution in [2.45, 2.75) is 31.7 Å². The van der Waals surface area contributed by atoms with E-state index in [0.717, 1.165) is 37.1 Å². The molecule has 3 rings (SSSR count). The minimum atomic E-state index is -0.258. The summed E-state index contributed by atoms with van der Waals surface area (Å²) in [7, 11) is 3.90. The maximum atomic E-state index is 13.2. The molecule has 2 heterocycles. The summed E-state index contributed by atoms with van der Waals surface area (Å²) in [6.07, 6.45) is 3.49. The molecule has 26 heavy (non-hydrogen) atoms. The van der Waals surface area contributed by atoms with Crippen LogP contribution in [0.15, 0.2) is 47.4 Å². The van der Waals surface area contributed by atoms with Gasteiger partial charge < -0.3 is 9.88 Å². The Hall–Kier alpha value is -2.40. The molecule has 1 amide bonds. The molecular weight excluding hydrogens is 326 g/mol. The first-order chi connectivity index (χ1) is 12.5. The van der Waals surface area contributed by atoms with Crippen LogP contribution in [-0.2, 0) is 4.79 Å². The molecule has 2 aromatic rings. The van der Waals surface area contributed by atoms with E-state index in [2.05, 4.69) is 24.0 Å². The van der Waals surface area contributed by atoms with Crippen LogP contribution in [0.25, 0.3) is 0 Å². The molecule has 1 aromatic heterocycles. The monoisotopic (exact) mass is 353 g/mol. The van der Waals surface area contributed by atoms with Gasteiger partial charge in [0.2, 0.25) is 11.5 Å². The first-order valence-electron chi connectivity index (χ1n) is 9.16. The zero-order chi connectivity index (χ0) is 18.7. The fourth-order valence-corrected chi connectivity index (χ4v) is 3.73. The summed E-state index contributed by atoms with van der Waals surface area (Å²) in [4.78, 5) is 31.3. The standard InChI is InChI=1S/C21H27N3O2/c1-15-4-6-17(7-5-15)20(23(2)3)21(26)24-12-9-16(10-13-24)18-8-11-22-19(25)14-18/h4-8,11,14,16,20H,9-10,12-13H2,1-3H3,(H,22,25). The van der Waals surface area contributed by atoms with E-state index in [1.807, 2.05) is 42.1 Å². The Morgan fingerprint density at radius 3 is 2.38 bits per heavy atom. The lowest BCUT2D eigenvalue weighted by molar-refractivity contribution is -0.137. The highest BCUT2D eigenvalue weighted by Gasteiger charge is 2.31. The Bertz CT molecular complexity index is 803. The summed E-state index contributed by atoms with van der Waals surface area (Å²) in [5.41, 5.74) is 3.23. The average Bonchev–Trinajstić information content (AvgIpc) is 2.63. The molecule has 5 nitrogen and oxygen atoms in total.